The molecule has 5 nitrogen and oxygen atoms in total. The number of anilines is 1. The second-order valence-electron chi connectivity index (χ2n) is 7.17. The molecule has 28 heavy (non-hydrogen) atoms. The Morgan fingerprint density at radius 1 is 1.25 bits per heavy atom. The van der Waals surface area contributed by atoms with E-state index < -0.39 is 24.2 Å². The Balaban J connectivity index is 1.70. The van der Waals surface area contributed by atoms with E-state index in [1.807, 2.05) is 5.38 Å². The first kappa shape index (κ1) is 19.6. The molecule has 0 aromatic carbocycles. The number of hydrogen-bond donors (Lipinski definition) is 1. The zero-order valence-electron chi connectivity index (χ0n) is 15.0. The van der Waals surface area contributed by atoms with Gasteiger partial charge in [-0.3, -0.25) is 4.79 Å². The molecule has 0 radical (unpaired) electrons. The molecule has 4 heterocycles. The molecule has 10 heteroatoms. The van der Waals surface area contributed by atoms with Crippen molar-refractivity contribution in [2.24, 2.45) is 0 Å². The number of thiophene rings is 1. The van der Waals surface area contributed by atoms with Crippen LogP contribution in [0.1, 0.15) is 59.6 Å². The SMILES string of the molecule is O=C(c1nn2c(c1Cl)NC(c1cccs1)CC2C(F)(F)F)N1CCCCCC1. The highest BCUT2D eigenvalue weighted by Gasteiger charge is 2.48. The maximum Gasteiger partial charge on any atom is 0.410 e. The van der Waals surface area contributed by atoms with Gasteiger partial charge >= 0.3 is 6.18 Å². The lowest BCUT2D eigenvalue weighted by Crippen LogP contribution is -2.36. The average Bonchev–Trinajstić information content (AvgIpc) is 3.20. The van der Waals surface area contributed by atoms with Crippen molar-refractivity contribution in [1.29, 1.82) is 0 Å². The van der Waals surface area contributed by atoms with Crippen molar-refractivity contribution in [2.75, 3.05) is 18.4 Å². The molecule has 2 aliphatic heterocycles. The number of nitrogens with one attached hydrogen (secondary N) is 1. The van der Waals surface area contributed by atoms with E-state index in [0.717, 1.165) is 35.2 Å². The molecule has 4 rings (SSSR count). The van der Waals surface area contributed by atoms with Gasteiger partial charge in [0.15, 0.2) is 11.7 Å². The summed E-state index contributed by atoms with van der Waals surface area (Å²) in [5.74, 6) is -0.337. The Hall–Kier alpha value is -1.74. The fourth-order valence-corrected chi connectivity index (χ4v) is 4.88. The van der Waals surface area contributed by atoms with Crippen molar-refractivity contribution in [1.82, 2.24) is 14.7 Å². The lowest BCUT2D eigenvalue weighted by molar-refractivity contribution is -0.173. The van der Waals surface area contributed by atoms with Crippen LogP contribution in [0.15, 0.2) is 17.5 Å². The molecule has 2 aromatic heterocycles. The molecule has 0 bridgehead atoms. The molecule has 2 unspecified atom stereocenters. The minimum atomic E-state index is -4.50. The van der Waals surface area contributed by atoms with Gasteiger partial charge in [0, 0.05) is 24.4 Å². The predicted octanol–water partition coefficient (Wildman–Crippen LogP) is 5.27. The van der Waals surface area contributed by atoms with Gasteiger partial charge in [-0.25, -0.2) is 4.68 Å². The first-order valence-corrected chi connectivity index (χ1v) is 10.6. The first-order valence-electron chi connectivity index (χ1n) is 9.30. The van der Waals surface area contributed by atoms with Crippen molar-refractivity contribution < 1.29 is 18.0 Å². The van der Waals surface area contributed by atoms with Gasteiger partial charge in [-0.2, -0.15) is 18.3 Å². The normalized spacial score (nSPS) is 23.1. The number of hydrogen-bond acceptors (Lipinski definition) is 4. The van der Waals surface area contributed by atoms with Gasteiger partial charge in [0.1, 0.15) is 10.8 Å². The number of rotatable bonds is 2. The van der Waals surface area contributed by atoms with Gasteiger partial charge < -0.3 is 10.2 Å². The van der Waals surface area contributed by atoms with Crippen LogP contribution >= 0.6 is 22.9 Å². The summed E-state index contributed by atoms with van der Waals surface area (Å²) >= 11 is 7.77. The van der Waals surface area contributed by atoms with Crippen LogP contribution in [0.25, 0.3) is 0 Å². The van der Waals surface area contributed by atoms with Gasteiger partial charge in [-0.15, -0.1) is 11.3 Å². The average molecular weight is 433 g/mol. The third-order valence-electron chi connectivity index (χ3n) is 5.28. The zero-order chi connectivity index (χ0) is 19.9. The van der Waals surface area contributed by atoms with Crippen molar-refractivity contribution in [3.05, 3.63) is 33.1 Å². The molecule has 1 N–H and O–H groups in total. The second-order valence-corrected chi connectivity index (χ2v) is 8.52. The lowest BCUT2D eigenvalue weighted by atomic mass is 10.0. The number of fused-ring (bicyclic) bond motifs is 1. The Morgan fingerprint density at radius 2 is 1.96 bits per heavy atom. The number of nitrogens with zero attached hydrogens (tertiary/aromatic N) is 3. The van der Waals surface area contributed by atoms with Crippen molar-refractivity contribution in [3.63, 3.8) is 0 Å². The molecule has 1 fully saturated rings. The number of alkyl halides is 3. The van der Waals surface area contributed by atoms with E-state index in [1.54, 1.807) is 17.0 Å². The van der Waals surface area contributed by atoms with Gasteiger partial charge in [-0.05, 0) is 24.3 Å². The Labute approximate surface area is 169 Å². The van der Waals surface area contributed by atoms with E-state index in [0.29, 0.717) is 13.1 Å². The van der Waals surface area contributed by atoms with Crippen molar-refractivity contribution >= 4 is 34.7 Å². The molecule has 2 atom stereocenters. The lowest BCUT2D eigenvalue weighted by Gasteiger charge is -2.32. The highest BCUT2D eigenvalue weighted by molar-refractivity contribution is 7.10. The Bertz CT molecular complexity index is 844. The van der Waals surface area contributed by atoms with Crippen LogP contribution in [0.5, 0.6) is 0 Å². The second kappa shape index (κ2) is 7.59. The topological polar surface area (TPSA) is 50.2 Å². The number of aromatic nitrogens is 2. The third kappa shape index (κ3) is 3.61. The minimum Gasteiger partial charge on any atom is -0.361 e. The van der Waals surface area contributed by atoms with Gasteiger partial charge in [-0.1, -0.05) is 30.5 Å². The summed E-state index contributed by atoms with van der Waals surface area (Å²) in [6, 6.07) is 1.22. The summed E-state index contributed by atoms with van der Waals surface area (Å²) in [5.41, 5.74) is -0.104. The first-order chi connectivity index (χ1) is 13.4. The van der Waals surface area contributed by atoms with Gasteiger partial charge in [0.05, 0.1) is 6.04 Å². The molecule has 1 saturated heterocycles. The van der Waals surface area contributed by atoms with Crippen LogP contribution in [-0.4, -0.2) is 39.9 Å². The standard InChI is InChI=1S/C18H20ClF3N4OS/c19-14-15(17(27)25-7-3-1-2-4-8-25)24-26-13(18(20,21)22)10-11(23-16(14)26)12-6-5-9-28-12/h5-6,9,11,13,23H,1-4,7-8,10H2. The minimum absolute atomic E-state index is 0.0373. The number of halogens is 4. The largest absolute Gasteiger partial charge is 0.410 e. The highest BCUT2D eigenvalue weighted by atomic mass is 35.5. The Morgan fingerprint density at radius 3 is 2.57 bits per heavy atom. The molecule has 2 aliphatic rings. The molecule has 0 spiro atoms. The summed E-state index contributed by atoms with van der Waals surface area (Å²) in [6.45, 7) is 1.15. The number of carbonyl (C=O) groups excluding carboxylic acids is 1. The van der Waals surface area contributed by atoms with Crippen LogP contribution in [0, 0.1) is 0 Å². The van der Waals surface area contributed by atoms with E-state index in [4.69, 9.17) is 11.6 Å². The molecule has 152 valence electrons. The molecule has 2 aromatic rings. The zero-order valence-corrected chi connectivity index (χ0v) is 16.6. The summed E-state index contributed by atoms with van der Waals surface area (Å²) < 4.78 is 42.1. The highest BCUT2D eigenvalue weighted by Crippen LogP contribution is 2.47. The molecule has 1 amide bonds. The van der Waals surface area contributed by atoms with Crippen LogP contribution < -0.4 is 5.32 Å². The molecular weight excluding hydrogens is 413 g/mol. The summed E-state index contributed by atoms with van der Waals surface area (Å²) in [6.07, 6.45) is -0.868. The fraction of sp³-hybridized carbons (Fsp3) is 0.556. The van der Waals surface area contributed by atoms with Crippen LogP contribution in [0.4, 0.5) is 19.0 Å². The van der Waals surface area contributed by atoms with E-state index in [1.165, 1.54) is 11.3 Å². The maximum atomic E-state index is 13.8. The maximum absolute atomic E-state index is 13.8. The fourth-order valence-electron chi connectivity index (χ4n) is 3.83. The van der Waals surface area contributed by atoms with Crippen LogP contribution in [-0.2, 0) is 0 Å². The summed E-state index contributed by atoms with van der Waals surface area (Å²) in [5, 5.41) is 8.89. The molecule has 0 aliphatic carbocycles. The smallest absolute Gasteiger partial charge is 0.361 e. The third-order valence-corrected chi connectivity index (χ3v) is 6.62. The van der Waals surface area contributed by atoms with Crippen molar-refractivity contribution in [2.45, 2.75) is 50.4 Å². The number of likely N-dealkylation sites (tertiary alicyclic amines) is 1. The Kier molecular flexibility index (Phi) is 5.30. The van der Waals surface area contributed by atoms with E-state index >= 15 is 0 Å². The van der Waals surface area contributed by atoms with Gasteiger partial charge in [0.25, 0.3) is 5.91 Å². The summed E-state index contributed by atoms with van der Waals surface area (Å²) in [4.78, 5) is 15.4. The monoisotopic (exact) mass is 432 g/mol. The van der Waals surface area contributed by atoms with E-state index in [2.05, 4.69) is 10.4 Å². The molecular formula is C18H20ClF3N4OS. The quantitative estimate of drug-likeness (QED) is 0.702. The van der Waals surface area contributed by atoms with Crippen molar-refractivity contribution in [3.8, 4) is 0 Å². The number of amides is 1. The van der Waals surface area contributed by atoms with Crippen LogP contribution in [0.3, 0.4) is 0 Å². The van der Waals surface area contributed by atoms with Gasteiger partial charge in [0.2, 0.25) is 0 Å². The molecule has 0 saturated carbocycles. The summed E-state index contributed by atoms with van der Waals surface area (Å²) in [7, 11) is 0. The van der Waals surface area contributed by atoms with E-state index in [9.17, 15) is 18.0 Å². The number of carbonyl (C=O) groups is 1. The van der Waals surface area contributed by atoms with E-state index in [-0.39, 0.29) is 23.0 Å². The predicted molar refractivity (Wildman–Crippen MR) is 102 cm³/mol. The van der Waals surface area contributed by atoms with Crippen LogP contribution in [0.2, 0.25) is 5.02 Å².